The van der Waals surface area contributed by atoms with Crippen molar-refractivity contribution in [2.45, 2.75) is 71.8 Å². The summed E-state index contributed by atoms with van der Waals surface area (Å²) in [6.45, 7) is 9.22. The van der Waals surface area contributed by atoms with E-state index >= 15 is 0 Å². The van der Waals surface area contributed by atoms with E-state index in [1.165, 1.54) is 19.3 Å². The van der Waals surface area contributed by atoms with Crippen LogP contribution in [0.1, 0.15) is 65.7 Å². The lowest BCUT2D eigenvalue weighted by Gasteiger charge is -2.31. The number of likely N-dealkylation sites (tertiary alicyclic amines) is 1. The van der Waals surface area contributed by atoms with Crippen molar-refractivity contribution in [3.63, 3.8) is 0 Å². The van der Waals surface area contributed by atoms with Crippen LogP contribution in [0.15, 0.2) is 0 Å². The molecule has 23 heavy (non-hydrogen) atoms. The maximum absolute atomic E-state index is 12.1. The van der Waals surface area contributed by atoms with E-state index in [-0.39, 0.29) is 23.8 Å². The van der Waals surface area contributed by atoms with Gasteiger partial charge in [-0.15, -0.1) is 0 Å². The second-order valence-electron chi connectivity index (χ2n) is 6.81. The smallest absolute Gasteiger partial charge is 0.234 e. The third-order valence-corrected chi connectivity index (χ3v) is 4.52. The van der Waals surface area contributed by atoms with Gasteiger partial charge in [-0.2, -0.15) is 0 Å². The molecule has 1 fully saturated rings. The monoisotopic (exact) mass is 325 g/mol. The second-order valence-corrected chi connectivity index (χ2v) is 6.81. The minimum Gasteiger partial charge on any atom is -0.356 e. The minimum atomic E-state index is 0.114. The zero-order valence-corrected chi connectivity index (χ0v) is 15.2. The van der Waals surface area contributed by atoms with Gasteiger partial charge in [0, 0.05) is 18.5 Å². The molecule has 5 heteroatoms. The molecule has 1 aliphatic rings. The van der Waals surface area contributed by atoms with Gasteiger partial charge in [-0.1, -0.05) is 33.1 Å². The fourth-order valence-corrected chi connectivity index (χ4v) is 3.04. The molecule has 1 unspecified atom stereocenters. The minimum absolute atomic E-state index is 0.114. The highest BCUT2D eigenvalue weighted by atomic mass is 16.2. The molecule has 0 bridgehead atoms. The molecule has 0 radical (unpaired) electrons. The van der Waals surface area contributed by atoms with Crippen molar-refractivity contribution in [3.05, 3.63) is 0 Å². The molecule has 0 spiro atoms. The average molecular weight is 325 g/mol. The molecule has 0 saturated carbocycles. The number of nitrogens with one attached hydrogen (secondary N) is 2. The van der Waals surface area contributed by atoms with Gasteiger partial charge in [0.2, 0.25) is 11.8 Å². The number of unbranched alkanes of at least 4 members (excludes halogenated alkanes) is 2. The normalized spacial score (nSPS) is 17.7. The first kappa shape index (κ1) is 19.9. The number of piperidine rings is 1. The predicted molar refractivity (Wildman–Crippen MR) is 94.2 cm³/mol. The Kier molecular flexibility index (Phi) is 9.92. The Morgan fingerprint density at radius 3 is 2.43 bits per heavy atom. The van der Waals surface area contributed by atoms with Gasteiger partial charge in [-0.05, 0) is 45.7 Å². The maximum Gasteiger partial charge on any atom is 0.234 e. The van der Waals surface area contributed by atoms with Crippen LogP contribution in [0, 0.1) is 5.92 Å². The molecule has 1 aliphatic heterocycles. The Hall–Kier alpha value is -1.10. The molecule has 2 N–H and O–H groups in total. The van der Waals surface area contributed by atoms with Crippen LogP contribution in [0.2, 0.25) is 0 Å². The van der Waals surface area contributed by atoms with Gasteiger partial charge in [0.15, 0.2) is 0 Å². The third kappa shape index (κ3) is 8.35. The highest BCUT2D eigenvalue weighted by molar-refractivity contribution is 5.79. The summed E-state index contributed by atoms with van der Waals surface area (Å²) < 4.78 is 0. The lowest BCUT2D eigenvalue weighted by Crippen LogP contribution is -2.46. The molecule has 5 nitrogen and oxygen atoms in total. The van der Waals surface area contributed by atoms with Gasteiger partial charge in [0.1, 0.15) is 0 Å². The fourth-order valence-electron chi connectivity index (χ4n) is 3.04. The highest BCUT2D eigenvalue weighted by Crippen LogP contribution is 2.17. The zero-order valence-electron chi connectivity index (χ0n) is 15.2. The topological polar surface area (TPSA) is 61.4 Å². The molecule has 0 aliphatic carbocycles. The summed E-state index contributed by atoms with van der Waals surface area (Å²) in [4.78, 5) is 26.2. The van der Waals surface area contributed by atoms with Crippen molar-refractivity contribution in [3.8, 4) is 0 Å². The van der Waals surface area contributed by atoms with E-state index in [0.717, 1.165) is 45.3 Å². The largest absolute Gasteiger partial charge is 0.356 e. The Labute approximate surface area is 141 Å². The van der Waals surface area contributed by atoms with Gasteiger partial charge in [0.25, 0.3) is 0 Å². The van der Waals surface area contributed by atoms with Crippen LogP contribution < -0.4 is 10.6 Å². The standard InChI is InChI=1S/C18H35N3O2/c1-4-6-7-8-15(3)20-17(22)14-21-12-9-16(10-13-21)18(23)19-11-5-2/h15-16H,4-14H2,1-3H3,(H,19,23)(H,20,22). The van der Waals surface area contributed by atoms with E-state index in [0.29, 0.717) is 6.54 Å². The molecule has 1 rings (SSSR count). The van der Waals surface area contributed by atoms with E-state index in [1.54, 1.807) is 0 Å². The van der Waals surface area contributed by atoms with E-state index in [2.05, 4.69) is 36.3 Å². The summed E-state index contributed by atoms with van der Waals surface area (Å²) in [5.74, 6) is 0.414. The molecule has 0 aromatic heterocycles. The van der Waals surface area contributed by atoms with Crippen LogP contribution in [0.4, 0.5) is 0 Å². The van der Waals surface area contributed by atoms with Crippen LogP contribution >= 0.6 is 0 Å². The average Bonchev–Trinajstić information content (AvgIpc) is 2.53. The summed E-state index contributed by atoms with van der Waals surface area (Å²) in [6, 6.07) is 0.256. The van der Waals surface area contributed by atoms with Crippen LogP contribution in [0.3, 0.4) is 0 Å². The maximum atomic E-state index is 12.1. The zero-order chi connectivity index (χ0) is 17.1. The molecular weight excluding hydrogens is 290 g/mol. The van der Waals surface area contributed by atoms with Gasteiger partial charge in [0.05, 0.1) is 6.54 Å². The summed E-state index contributed by atoms with van der Waals surface area (Å²) in [5, 5.41) is 6.06. The van der Waals surface area contributed by atoms with E-state index < -0.39 is 0 Å². The van der Waals surface area contributed by atoms with Crippen molar-refractivity contribution in [2.24, 2.45) is 5.92 Å². The summed E-state index contributed by atoms with van der Waals surface area (Å²) in [7, 11) is 0. The molecule has 1 atom stereocenters. The molecule has 0 aromatic carbocycles. The quantitative estimate of drug-likeness (QED) is 0.606. The number of carbonyl (C=O) groups is 2. The van der Waals surface area contributed by atoms with Gasteiger partial charge >= 0.3 is 0 Å². The van der Waals surface area contributed by atoms with Gasteiger partial charge in [-0.25, -0.2) is 0 Å². The summed E-state index contributed by atoms with van der Waals surface area (Å²) in [5.41, 5.74) is 0. The lowest BCUT2D eigenvalue weighted by atomic mass is 9.96. The third-order valence-electron chi connectivity index (χ3n) is 4.52. The van der Waals surface area contributed by atoms with Crippen LogP contribution in [0.25, 0.3) is 0 Å². The van der Waals surface area contributed by atoms with E-state index in [9.17, 15) is 9.59 Å². The number of nitrogens with zero attached hydrogens (tertiary/aromatic N) is 1. The molecule has 1 heterocycles. The molecular formula is C18H35N3O2. The van der Waals surface area contributed by atoms with Crippen LogP contribution in [-0.4, -0.2) is 48.9 Å². The molecule has 2 amide bonds. The summed E-state index contributed by atoms with van der Waals surface area (Å²) >= 11 is 0. The first-order valence-electron chi connectivity index (χ1n) is 9.36. The van der Waals surface area contributed by atoms with Gasteiger partial charge < -0.3 is 10.6 Å². The SMILES string of the molecule is CCCCCC(C)NC(=O)CN1CCC(C(=O)NCCC)CC1. The van der Waals surface area contributed by atoms with E-state index in [4.69, 9.17) is 0 Å². The highest BCUT2D eigenvalue weighted by Gasteiger charge is 2.25. The number of rotatable bonds is 10. The Morgan fingerprint density at radius 1 is 1.13 bits per heavy atom. The second kappa shape index (κ2) is 11.4. The molecule has 0 aromatic rings. The fraction of sp³-hybridized carbons (Fsp3) is 0.889. The first-order chi connectivity index (χ1) is 11.1. The van der Waals surface area contributed by atoms with Crippen LogP contribution in [-0.2, 0) is 9.59 Å². The number of carbonyl (C=O) groups excluding carboxylic acids is 2. The van der Waals surface area contributed by atoms with Crippen molar-refractivity contribution in [1.29, 1.82) is 0 Å². The van der Waals surface area contributed by atoms with Gasteiger partial charge in [-0.3, -0.25) is 14.5 Å². The number of amides is 2. The molecule has 1 saturated heterocycles. The lowest BCUT2D eigenvalue weighted by molar-refractivity contribution is -0.126. The predicted octanol–water partition coefficient (Wildman–Crippen LogP) is 2.31. The number of hydrogen-bond acceptors (Lipinski definition) is 3. The number of hydrogen-bond donors (Lipinski definition) is 2. The van der Waals surface area contributed by atoms with Crippen molar-refractivity contribution < 1.29 is 9.59 Å². The van der Waals surface area contributed by atoms with Crippen molar-refractivity contribution in [1.82, 2.24) is 15.5 Å². The van der Waals surface area contributed by atoms with E-state index in [1.807, 2.05) is 0 Å². The summed E-state index contributed by atoms with van der Waals surface area (Å²) in [6.07, 6.45) is 7.36. The Bertz CT molecular complexity index is 352. The molecule has 134 valence electrons. The van der Waals surface area contributed by atoms with Crippen LogP contribution in [0.5, 0.6) is 0 Å². The van der Waals surface area contributed by atoms with Crippen molar-refractivity contribution in [2.75, 3.05) is 26.2 Å². The Morgan fingerprint density at radius 2 is 1.83 bits per heavy atom. The first-order valence-corrected chi connectivity index (χ1v) is 9.36. The van der Waals surface area contributed by atoms with Crippen molar-refractivity contribution >= 4 is 11.8 Å². The Balaban J connectivity index is 2.19.